The van der Waals surface area contributed by atoms with Crippen molar-refractivity contribution in [3.63, 3.8) is 0 Å². The van der Waals surface area contributed by atoms with Crippen LogP contribution in [0.4, 0.5) is 5.69 Å². The summed E-state index contributed by atoms with van der Waals surface area (Å²) in [5.41, 5.74) is 1.72. The van der Waals surface area contributed by atoms with Gasteiger partial charge in [-0.3, -0.25) is 18.5 Å². The van der Waals surface area contributed by atoms with Gasteiger partial charge in [-0.05, 0) is 43.3 Å². The van der Waals surface area contributed by atoms with Crippen LogP contribution in [0.15, 0.2) is 64.3 Å². The first-order valence-electron chi connectivity index (χ1n) is 8.97. The van der Waals surface area contributed by atoms with Crippen molar-refractivity contribution in [3.8, 4) is 5.69 Å². The molecule has 0 saturated carbocycles. The highest BCUT2D eigenvalue weighted by Crippen LogP contribution is 2.16. The summed E-state index contributed by atoms with van der Waals surface area (Å²) in [6, 6.07) is 15.9. The number of benzene rings is 2. The third-order valence-electron chi connectivity index (χ3n) is 4.57. The Labute approximate surface area is 166 Å². The van der Waals surface area contributed by atoms with Gasteiger partial charge in [0, 0.05) is 22.8 Å². The lowest BCUT2D eigenvalue weighted by Gasteiger charge is -2.07. The molecule has 3 rings (SSSR count). The monoisotopic (exact) mass is 397 g/mol. The molecule has 1 atom stereocenters. The Balaban J connectivity index is 1.89. The zero-order chi connectivity index (χ0) is 20.4. The minimum atomic E-state index is -1.11. The standard InChI is InChI=1S/C21H23N3O3S/c1-14(2)28(27)18-12-10-16(11-13-18)20(25)22-19-15(3)23(4)24(21(19)26)17-8-6-5-7-9-17/h5-14H,1-4H3,(H,22,25)/t28-/m1/s1. The highest BCUT2D eigenvalue weighted by Gasteiger charge is 2.19. The summed E-state index contributed by atoms with van der Waals surface area (Å²) in [5.74, 6) is -0.382. The van der Waals surface area contributed by atoms with Crippen LogP contribution in [0.2, 0.25) is 0 Å². The Morgan fingerprint density at radius 2 is 1.64 bits per heavy atom. The molecule has 6 nitrogen and oxygen atoms in total. The Morgan fingerprint density at radius 3 is 2.21 bits per heavy atom. The highest BCUT2D eigenvalue weighted by molar-refractivity contribution is 7.85. The van der Waals surface area contributed by atoms with Gasteiger partial charge in [0.05, 0.1) is 22.2 Å². The van der Waals surface area contributed by atoms with Gasteiger partial charge in [-0.25, -0.2) is 4.68 Å². The minimum Gasteiger partial charge on any atom is -0.316 e. The lowest BCUT2D eigenvalue weighted by Crippen LogP contribution is -2.23. The number of anilines is 1. The molecule has 1 aromatic heterocycles. The Hall–Kier alpha value is -2.93. The zero-order valence-corrected chi connectivity index (χ0v) is 17.1. The van der Waals surface area contributed by atoms with Crippen molar-refractivity contribution in [2.75, 3.05) is 5.32 Å². The van der Waals surface area contributed by atoms with Crippen molar-refractivity contribution in [1.29, 1.82) is 0 Å². The average molecular weight is 398 g/mol. The van der Waals surface area contributed by atoms with Crippen LogP contribution in [0.5, 0.6) is 0 Å². The summed E-state index contributed by atoms with van der Waals surface area (Å²) in [5, 5.41) is 2.73. The number of nitrogens with one attached hydrogen (secondary N) is 1. The van der Waals surface area contributed by atoms with Crippen LogP contribution in [0.25, 0.3) is 5.69 Å². The molecule has 0 unspecified atom stereocenters. The maximum absolute atomic E-state index is 12.9. The number of nitrogens with zero attached hydrogens (tertiary/aromatic N) is 2. The molecule has 0 aliphatic heterocycles. The van der Waals surface area contributed by atoms with Crippen LogP contribution in [0.3, 0.4) is 0 Å². The predicted molar refractivity (Wildman–Crippen MR) is 112 cm³/mol. The van der Waals surface area contributed by atoms with Crippen molar-refractivity contribution in [2.24, 2.45) is 7.05 Å². The molecule has 1 N–H and O–H groups in total. The molecule has 7 heteroatoms. The van der Waals surface area contributed by atoms with Crippen molar-refractivity contribution in [1.82, 2.24) is 9.36 Å². The van der Waals surface area contributed by atoms with Gasteiger partial charge in [0.1, 0.15) is 5.69 Å². The molecule has 2 aromatic carbocycles. The second-order valence-electron chi connectivity index (χ2n) is 6.76. The summed E-state index contributed by atoms with van der Waals surface area (Å²) in [4.78, 5) is 26.2. The Bertz CT molecular complexity index is 1080. The van der Waals surface area contributed by atoms with E-state index in [0.29, 0.717) is 16.2 Å². The fraction of sp³-hybridized carbons (Fsp3) is 0.238. The second kappa shape index (κ2) is 7.98. The number of carbonyl (C=O) groups is 1. The molecule has 0 aliphatic carbocycles. The normalized spacial score (nSPS) is 12.2. The fourth-order valence-corrected chi connectivity index (χ4v) is 3.86. The summed E-state index contributed by atoms with van der Waals surface area (Å²) in [6.07, 6.45) is 0. The number of para-hydroxylation sites is 1. The molecule has 28 heavy (non-hydrogen) atoms. The zero-order valence-electron chi connectivity index (χ0n) is 16.3. The fourth-order valence-electron chi connectivity index (χ4n) is 2.91. The van der Waals surface area contributed by atoms with E-state index in [9.17, 15) is 13.8 Å². The number of aromatic nitrogens is 2. The van der Waals surface area contributed by atoms with E-state index < -0.39 is 10.8 Å². The van der Waals surface area contributed by atoms with E-state index in [1.165, 1.54) is 4.68 Å². The van der Waals surface area contributed by atoms with E-state index in [-0.39, 0.29) is 22.4 Å². The number of carbonyl (C=O) groups excluding carboxylic acids is 1. The first-order chi connectivity index (χ1) is 13.3. The van der Waals surface area contributed by atoms with E-state index >= 15 is 0 Å². The lowest BCUT2D eigenvalue weighted by atomic mass is 10.2. The maximum atomic E-state index is 12.9. The summed E-state index contributed by atoms with van der Waals surface area (Å²) in [7, 11) is 0.662. The van der Waals surface area contributed by atoms with Gasteiger partial charge < -0.3 is 5.32 Å². The van der Waals surface area contributed by atoms with Crippen molar-refractivity contribution in [3.05, 3.63) is 76.2 Å². The summed E-state index contributed by atoms with van der Waals surface area (Å²) < 4.78 is 15.4. The Kier molecular flexibility index (Phi) is 5.65. The van der Waals surface area contributed by atoms with Gasteiger partial charge in [0.25, 0.3) is 11.5 Å². The number of amides is 1. The molecule has 0 spiro atoms. The molecule has 0 saturated heterocycles. The average Bonchev–Trinajstić information content (AvgIpc) is 2.91. The molecule has 0 fully saturated rings. The molecule has 0 bridgehead atoms. The Morgan fingerprint density at radius 1 is 1.04 bits per heavy atom. The van der Waals surface area contributed by atoms with Crippen molar-refractivity contribution < 1.29 is 9.00 Å². The van der Waals surface area contributed by atoms with E-state index in [4.69, 9.17) is 0 Å². The van der Waals surface area contributed by atoms with Crippen LogP contribution in [0.1, 0.15) is 29.9 Å². The summed E-state index contributed by atoms with van der Waals surface area (Å²) in [6.45, 7) is 5.55. The summed E-state index contributed by atoms with van der Waals surface area (Å²) >= 11 is 0. The van der Waals surface area contributed by atoms with Gasteiger partial charge in [-0.15, -0.1) is 0 Å². The van der Waals surface area contributed by atoms with E-state index in [1.54, 1.807) is 42.9 Å². The third kappa shape index (κ3) is 3.71. The quantitative estimate of drug-likeness (QED) is 0.718. The smallest absolute Gasteiger partial charge is 0.295 e. The number of hydrogen-bond acceptors (Lipinski definition) is 3. The van der Waals surface area contributed by atoms with Gasteiger partial charge >= 0.3 is 0 Å². The van der Waals surface area contributed by atoms with Gasteiger partial charge in [-0.2, -0.15) is 0 Å². The topological polar surface area (TPSA) is 73.1 Å². The van der Waals surface area contributed by atoms with E-state index in [2.05, 4.69) is 5.32 Å². The van der Waals surface area contributed by atoms with Crippen molar-refractivity contribution in [2.45, 2.75) is 30.9 Å². The molecule has 0 aliphatic rings. The van der Waals surface area contributed by atoms with Gasteiger partial charge in [-0.1, -0.05) is 32.0 Å². The maximum Gasteiger partial charge on any atom is 0.295 e. The molecular formula is C21H23N3O3S. The van der Waals surface area contributed by atoms with E-state index in [0.717, 1.165) is 5.69 Å². The highest BCUT2D eigenvalue weighted by atomic mass is 32.2. The SMILES string of the molecule is Cc1c(NC(=O)c2ccc([S@](=O)C(C)C)cc2)c(=O)n(-c2ccccc2)n1C. The van der Waals surface area contributed by atoms with Crippen LogP contribution >= 0.6 is 0 Å². The minimum absolute atomic E-state index is 0.00287. The molecule has 146 valence electrons. The molecule has 3 aromatic rings. The molecule has 1 amide bonds. The molecular weight excluding hydrogens is 374 g/mol. The molecule has 1 heterocycles. The van der Waals surface area contributed by atoms with Gasteiger partial charge in [0.15, 0.2) is 0 Å². The van der Waals surface area contributed by atoms with Crippen LogP contribution < -0.4 is 10.9 Å². The largest absolute Gasteiger partial charge is 0.316 e. The van der Waals surface area contributed by atoms with Crippen LogP contribution in [-0.4, -0.2) is 24.7 Å². The first kappa shape index (κ1) is 19.8. The van der Waals surface area contributed by atoms with Gasteiger partial charge in [0.2, 0.25) is 0 Å². The first-order valence-corrected chi connectivity index (χ1v) is 10.2. The lowest BCUT2D eigenvalue weighted by molar-refractivity contribution is 0.102. The van der Waals surface area contributed by atoms with Crippen LogP contribution in [-0.2, 0) is 17.8 Å². The molecule has 0 radical (unpaired) electrons. The third-order valence-corrected chi connectivity index (χ3v) is 6.16. The number of rotatable bonds is 5. The second-order valence-corrected chi connectivity index (χ2v) is 8.77. The van der Waals surface area contributed by atoms with E-state index in [1.807, 2.05) is 44.2 Å². The predicted octanol–water partition coefficient (Wildman–Crippen LogP) is 3.25. The van der Waals surface area contributed by atoms with Crippen molar-refractivity contribution >= 4 is 22.4 Å². The number of hydrogen-bond donors (Lipinski definition) is 1. The van der Waals surface area contributed by atoms with Crippen LogP contribution in [0, 0.1) is 6.92 Å².